The van der Waals surface area contributed by atoms with Crippen LogP contribution >= 0.6 is 11.8 Å². The van der Waals surface area contributed by atoms with Crippen molar-refractivity contribution in [1.29, 1.82) is 5.26 Å². The number of nitrogens with one attached hydrogen (secondary N) is 1. The molecule has 1 heterocycles. The first-order valence-electron chi connectivity index (χ1n) is 8.15. The number of allylic oxidation sites excluding steroid dienone is 1. The zero-order chi connectivity index (χ0) is 19.2. The number of rotatable bonds is 6. The summed E-state index contributed by atoms with van der Waals surface area (Å²) in [5.74, 6) is -0.126. The van der Waals surface area contributed by atoms with Crippen LogP contribution in [0.3, 0.4) is 0 Å². The highest BCUT2D eigenvalue weighted by Crippen LogP contribution is 2.18. The van der Waals surface area contributed by atoms with Crippen LogP contribution in [0.15, 0.2) is 71.1 Å². The molecule has 0 bridgehead atoms. The molecule has 1 amide bonds. The number of para-hydroxylation sites is 1. The molecule has 0 spiro atoms. The van der Waals surface area contributed by atoms with E-state index in [0.717, 1.165) is 0 Å². The molecule has 7 heteroatoms. The lowest BCUT2D eigenvalue weighted by Crippen LogP contribution is -2.23. The van der Waals surface area contributed by atoms with Gasteiger partial charge >= 0.3 is 0 Å². The third kappa shape index (κ3) is 4.25. The summed E-state index contributed by atoms with van der Waals surface area (Å²) < 4.78 is 1.51. The van der Waals surface area contributed by atoms with Gasteiger partial charge in [0.05, 0.1) is 28.3 Å². The summed E-state index contributed by atoms with van der Waals surface area (Å²) >= 11 is 1.19. The Kier molecular flexibility index (Phi) is 5.69. The van der Waals surface area contributed by atoms with Gasteiger partial charge in [-0.05, 0) is 36.4 Å². The maximum Gasteiger partial charge on any atom is 0.262 e. The highest BCUT2D eigenvalue weighted by atomic mass is 32.2. The number of thioether (sulfide) groups is 1. The Morgan fingerprint density at radius 1 is 1.26 bits per heavy atom. The van der Waals surface area contributed by atoms with Gasteiger partial charge in [0.15, 0.2) is 5.16 Å². The van der Waals surface area contributed by atoms with E-state index < -0.39 is 0 Å². The number of amides is 1. The summed E-state index contributed by atoms with van der Waals surface area (Å²) in [4.78, 5) is 29.4. The van der Waals surface area contributed by atoms with Gasteiger partial charge in [0.25, 0.3) is 5.56 Å². The molecule has 0 aliphatic rings. The van der Waals surface area contributed by atoms with Gasteiger partial charge in [-0.3, -0.25) is 14.2 Å². The molecular formula is C20H16N4O2S. The van der Waals surface area contributed by atoms with Crippen molar-refractivity contribution in [3.05, 3.63) is 77.1 Å². The Bertz CT molecular complexity index is 1100. The monoisotopic (exact) mass is 376 g/mol. The lowest BCUT2D eigenvalue weighted by atomic mass is 10.2. The number of nitrogens with zero attached hydrogens (tertiary/aromatic N) is 3. The van der Waals surface area contributed by atoms with Crippen molar-refractivity contribution in [1.82, 2.24) is 9.55 Å². The molecule has 3 rings (SSSR count). The lowest BCUT2D eigenvalue weighted by Gasteiger charge is -2.11. The van der Waals surface area contributed by atoms with Crippen LogP contribution in [0.5, 0.6) is 0 Å². The average molecular weight is 376 g/mol. The first-order chi connectivity index (χ1) is 13.1. The first-order valence-corrected chi connectivity index (χ1v) is 9.14. The molecule has 3 aromatic rings. The molecule has 1 N–H and O–H groups in total. The number of nitriles is 1. The number of carbonyl (C=O) groups is 1. The quantitative estimate of drug-likeness (QED) is 0.405. The van der Waals surface area contributed by atoms with Crippen LogP contribution in [0.1, 0.15) is 5.56 Å². The second-order valence-corrected chi connectivity index (χ2v) is 6.58. The number of fused-ring (bicyclic) bond motifs is 1. The minimum Gasteiger partial charge on any atom is -0.325 e. The maximum absolute atomic E-state index is 12.7. The molecule has 0 radical (unpaired) electrons. The van der Waals surface area contributed by atoms with E-state index >= 15 is 0 Å². The van der Waals surface area contributed by atoms with E-state index in [1.165, 1.54) is 16.3 Å². The van der Waals surface area contributed by atoms with Crippen LogP contribution in [0.2, 0.25) is 0 Å². The van der Waals surface area contributed by atoms with E-state index in [4.69, 9.17) is 5.26 Å². The highest BCUT2D eigenvalue weighted by molar-refractivity contribution is 7.99. The van der Waals surface area contributed by atoms with Gasteiger partial charge in [-0.2, -0.15) is 5.26 Å². The summed E-state index contributed by atoms with van der Waals surface area (Å²) in [7, 11) is 0. The minimum atomic E-state index is -0.225. The molecule has 0 saturated carbocycles. The fourth-order valence-electron chi connectivity index (χ4n) is 2.50. The summed E-state index contributed by atoms with van der Waals surface area (Å²) in [6.07, 6.45) is 1.62. The topological polar surface area (TPSA) is 87.8 Å². The van der Waals surface area contributed by atoms with E-state index in [2.05, 4.69) is 16.9 Å². The van der Waals surface area contributed by atoms with E-state index in [1.54, 1.807) is 48.5 Å². The number of hydrogen-bond donors (Lipinski definition) is 1. The molecular weight excluding hydrogens is 360 g/mol. The van der Waals surface area contributed by atoms with Crippen LogP contribution in [0.25, 0.3) is 10.9 Å². The number of hydrogen-bond acceptors (Lipinski definition) is 5. The SMILES string of the molecule is C=CCn1c(SCC(=O)Nc2ccc(C#N)cc2)nc2ccccc2c1=O. The van der Waals surface area contributed by atoms with E-state index in [0.29, 0.717) is 33.9 Å². The average Bonchev–Trinajstić information content (AvgIpc) is 2.69. The number of aromatic nitrogens is 2. The molecule has 0 aliphatic carbocycles. The van der Waals surface area contributed by atoms with E-state index in [-0.39, 0.29) is 17.2 Å². The fraction of sp³-hybridized carbons (Fsp3) is 0.100. The molecule has 134 valence electrons. The van der Waals surface area contributed by atoms with E-state index in [1.807, 2.05) is 12.1 Å². The zero-order valence-electron chi connectivity index (χ0n) is 14.4. The fourth-order valence-corrected chi connectivity index (χ4v) is 3.31. The molecule has 0 unspecified atom stereocenters. The molecule has 6 nitrogen and oxygen atoms in total. The van der Waals surface area contributed by atoms with Gasteiger partial charge in [-0.25, -0.2) is 4.98 Å². The number of carbonyl (C=O) groups excluding carboxylic acids is 1. The molecule has 0 saturated heterocycles. The summed E-state index contributed by atoms with van der Waals surface area (Å²) in [6.45, 7) is 4.00. The predicted molar refractivity (Wildman–Crippen MR) is 107 cm³/mol. The number of benzene rings is 2. The van der Waals surface area contributed by atoms with Gasteiger partial charge in [-0.1, -0.05) is 30.0 Å². The smallest absolute Gasteiger partial charge is 0.262 e. The van der Waals surface area contributed by atoms with Crippen molar-refractivity contribution >= 4 is 34.3 Å². The summed E-state index contributed by atoms with van der Waals surface area (Å²) in [5, 5.41) is 12.6. The van der Waals surface area contributed by atoms with Crippen LogP contribution in [0, 0.1) is 11.3 Å². The molecule has 0 atom stereocenters. The van der Waals surface area contributed by atoms with Crippen LogP contribution in [-0.2, 0) is 11.3 Å². The lowest BCUT2D eigenvalue weighted by molar-refractivity contribution is -0.113. The molecule has 0 aliphatic heterocycles. The van der Waals surface area contributed by atoms with Crippen LogP contribution in [-0.4, -0.2) is 21.2 Å². The summed E-state index contributed by atoms with van der Waals surface area (Å²) in [5.41, 5.74) is 1.57. The van der Waals surface area contributed by atoms with Gasteiger partial charge in [0, 0.05) is 12.2 Å². The van der Waals surface area contributed by atoms with Crippen molar-refractivity contribution in [2.45, 2.75) is 11.7 Å². The number of anilines is 1. The molecule has 2 aromatic carbocycles. The van der Waals surface area contributed by atoms with Crippen LogP contribution < -0.4 is 10.9 Å². The van der Waals surface area contributed by atoms with Gasteiger partial charge in [0.2, 0.25) is 5.91 Å². The Labute approximate surface area is 160 Å². The molecule has 0 fully saturated rings. The van der Waals surface area contributed by atoms with Crippen molar-refractivity contribution in [2.75, 3.05) is 11.1 Å². The zero-order valence-corrected chi connectivity index (χ0v) is 15.2. The second-order valence-electron chi connectivity index (χ2n) is 5.64. The Balaban J connectivity index is 1.78. The molecule has 1 aromatic heterocycles. The van der Waals surface area contributed by atoms with Crippen molar-refractivity contribution < 1.29 is 4.79 Å². The third-order valence-electron chi connectivity index (χ3n) is 3.77. The summed E-state index contributed by atoms with van der Waals surface area (Å²) in [6, 6.07) is 15.8. The first kappa shape index (κ1) is 18.4. The van der Waals surface area contributed by atoms with Crippen LogP contribution in [0.4, 0.5) is 5.69 Å². The molecule has 27 heavy (non-hydrogen) atoms. The predicted octanol–water partition coefficient (Wildman–Crippen LogP) is 3.18. The third-order valence-corrected chi connectivity index (χ3v) is 4.74. The standard InChI is InChI=1S/C20H16N4O2S/c1-2-11-24-19(26)16-5-3-4-6-17(16)23-20(24)27-13-18(25)22-15-9-7-14(12-21)8-10-15/h2-10H,1,11,13H2,(H,22,25). The Morgan fingerprint density at radius 2 is 2.00 bits per heavy atom. The van der Waals surface area contributed by atoms with Crippen molar-refractivity contribution in [3.63, 3.8) is 0 Å². The van der Waals surface area contributed by atoms with Gasteiger partial charge in [0.1, 0.15) is 0 Å². The Hall–Kier alpha value is -3.37. The minimum absolute atomic E-state index is 0.0991. The normalized spacial score (nSPS) is 10.3. The van der Waals surface area contributed by atoms with Crippen molar-refractivity contribution in [3.8, 4) is 6.07 Å². The van der Waals surface area contributed by atoms with Gasteiger partial charge < -0.3 is 5.32 Å². The Morgan fingerprint density at radius 3 is 2.70 bits per heavy atom. The second kappa shape index (κ2) is 8.34. The van der Waals surface area contributed by atoms with Crippen molar-refractivity contribution in [2.24, 2.45) is 0 Å². The largest absolute Gasteiger partial charge is 0.325 e. The van der Waals surface area contributed by atoms with Gasteiger partial charge in [-0.15, -0.1) is 6.58 Å². The van der Waals surface area contributed by atoms with E-state index in [9.17, 15) is 9.59 Å². The maximum atomic E-state index is 12.7. The highest BCUT2D eigenvalue weighted by Gasteiger charge is 2.12.